The predicted octanol–water partition coefficient (Wildman–Crippen LogP) is 3.19. The first kappa shape index (κ1) is 15.2. The Morgan fingerprint density at radius 2 is 2.00 bits per heavy atom. The molecule has 23 heavy (non-hydrogen) atoms. The monoisotopic (exact) mass is 312 g/mol. The summed E-state index contributed by atoms with van der Waals surface area (Å²) < 4.78 is 10.6. The highest BCUT2D eigenvalue weighted by Gasteiger charge is 2.16. The number of nitrogens with zero attached hydrogens (tertiary/aromatic N) is 1. The van der Waals surface area contributed by atoms with E-state index in [9.17, 15) is 4.79 Å². The number of carbonyl (C=O) groups is 1. The van der Waals surface area contributed by atoms with Gasteiger partial charge in [0.1, 0.15) is 0 Å². The van der Waals surface area contributed by atoms with Crippen molar-refractivity contribution < 1.29 is 14.3 Å². The van der Waals surface area contributed by atoms with Gasteiger partial charge in [-0.25, -0.2) is 0 Å². The van der Waals surface area contributed by atoms with Crippen molar-refractivity contribution in [2.24, 2.45) is 0 Å². The summed E-state index contributed by atoms with van der Waals surface area (Å²) in [4.78, 5) is 14.3. The summed E-state index contributed by atoms with van der Waals surface area (Å²) in [6, 6.07) is 13.5. The minimum Gasteiger partial charge on any atom is -0.454 e. The van der Waals surface area contributed by atoms with E-state index in [-0.39, 0.29) is 19.2 Å². The number of rotatable bonds is 5. The quantitative estimate of drug-likeness (QED) is 0.921. The van der Waals surface area contributed by atoms with Crippen molar-refractivity contribution in [2.45, 2.75) is 13.8 Å². The van der Waals surface area contributed by atoms with Crippen LogP contribution >= 0.6 is 0 Å². The van der Waals surface area contributed by atoms with Gasteiger partial charge in [-0.15, -0.1) is 0 Å². The molecule has 5 heteroatoms. The van der Waals surface area contributed by atoms with E-state index in [2.05, 4.69) is 5.32 Å². The van der Waals surface area contributed by atoms with E-state index in [0.717, 1.165) is 22.7 Å². The highest BCUT2D eigenvalue weighted by Crippen LogP contribution is 2.34. The average molecular weight is 312 g/mol. The fraction of sp³-hybridized carbons (Fsp3) is 0.278. The minimum absolute atomic E-state index is 0.0239. The summed E-state index contributed by atoms with van der Waals surface area (Å²) in [6.45, 7) is 5.09. The molecule has 0 bridgehead atoms. The lowest BCUT2D eigenvalue weighted by Crippen LogP contribution is -2.35. The van der Waals surface area contributed by atoms with Crippen LogP contribution in [-0.4, -0.2) is 25.8 Å². The van der Waals surface area contributed by atoms with Crippen molar-refractivity contribution in [3.8, 4) is 11.5 Å². The molecule has 0 unspecified atom stereocenters. The smallest absolute Gasteiger partial charge is 0.246 e. The molecular formula is C18H20N2O3. The third-order valence-electron chi connectivity index (χ3n) is 3.75. The Bertz CT molecular complexity index is 715. The third kappa shape index (κ3) is 3.39. The van der Waals surface area contributed by atoms with Crippen molar-refractivity contribution in [3.05, 3.63) is 48.0 Å². The highest BCUT2D eigenvalue weighted by atomic mass is 16.7. The number of anilines is 2. The molecule has 0 fully saturated rings. The number of fused-ring (bicyclic) bond motifs is 1. The van der Waals surface area contributed by atoms with E-state index < -0.39 is 0 Å². The van der Waals surface area contributed by atoms with Crippen molar-refractivity contribution in [1.82, 2.24) is 0 Å². The van der Waals surface area contributed by atoms with Crippen molar-refractivity contribution in [1.29, 1.82) is 0 Å². The fourth-order valence-corrected chi connectivity index (χ4v) is 2.58. The van der Waals surface area contributed by atoms with E-state index in [1.807, 2.05) is 56.3 Å². The molecule has 2 aromatic rings. The lowest BCUT2D eigenvalue weighted by Gasteiger charge is -2.22. The van der Waals surface area contributed by atoms with Gasteiger partial charge in [-0.05, 0) is 43.7 Å². The number of hydrogen-bond donors (Lipinski definition) is 1. The zero-order chi connectivity index (χ0) is 16.2. The molecule has 2 aromatic carbocycles. The second-order valence-electron chi connectivity index (χ2n) is 5.40. The predicted molar refractivity (Wildman–Crippen MR) is 90.3 cm³/mol. The van der Waals surface area contributed by atoms with E-state index in [1.165, 1.54) is 0 Å². The van der Waals surface area contributed by atoms with Crippen LogP contribution in [0.4, 0.5) is 11.4 Å². The first-order chi connectivity index (χ1) is 11.2. The van der Waals surface area contributed by atoms with Gasteiger partial charge in [0.15, 0.2) is 11.5 Å². The van der Waals surface area contributed by atoms with Gasteiger partial charge in [0.25, 0.3) is 0 Å². The Balaban J connectivity index is 1.66. The Morgan fingerprint density at radius 3 is 2.78 bits per heavy atom. The molecule has 3 rings (SSSR count). The maximum Gasteiger partial charge on any atom is 0.246 e. The van der Waals surface area contributed by atoms with E-state index in [4.69, 9.17) is 9.47 Å². The van der Waals surface area contributed by atoms with Crippen LogP contribution < -0.4 is 19.7 Å². The van der Waals surface area contributed by atoms with Crippen molar-refractivity contribution in [2.75, 3.05) is 30.1 Å². The van der Waals surface area contributed by atoms with Crippen LogP contribution in [0, 0.1) is 6.92 Å². The number of carbonyl (C=O) groups excluding carboxylic acids is 1. The standard InChI is InChI=1S/C18H20N2O3/c1-3-20(15-6-4-5-13(2)9-15)18(21)11-19-14-7-8-16-17(10-14)23-12-22-16/h4-10,19H,3,11-12H2,1-2H3. The van der Waals surface area contributed by atoms with Gasteiger partial charge in [-0.2, -0.15) is 0 Å². The Morgan fingerprint density at radius 1 is 1.17 bits per heavy atom. The molecule has 0 saturated heterocycles. The highest BCUT2D eigenvalue weighted by molar-refractivity contribution is 5.96. The van der Waals surface area contributed by atoms with Gasteiger partial charge in [-0.3, -0.25) is 4.79 Å². The van der Waals surface area contributed by atoms with Crippen LogP contribution in [0.2, 0.25) is 0 Å². The summed E-state index contributed by atoms with van der Waals surface area (Å²) in [5.74, 6) is 1.46. The van der Waals surface area contributed by atoms with Crippen LogP contribution in [0.3, 0.4) is 0 Å². The maximum atomic E-state index is 12.5. The molecule has 0 atom stereocenters. The van der Waals surface area contributed by atoms with E-state index in [1.54, 1.807) is 4.90 Å². The normalized spacial score (nSPS) is 12.1. The molecule has 1 aliphatic rings. The fourth-order valence-electron chi connectivity index (χ4n) is 2.58. The summed E-state index contributed by atoms with van der Waals surface area (Å²) in [5.41, 5.74) is 2.89. The van der Waals surface area contributed by atoms with Gasteiger partial charge in [0.05, 0.1) is 6.54 Å². The van der Waals surface area contributed by atoms with Gasteiger partial charge in [0, 0.05) is 24.0 Å². The van der Waals surface area contributed by atoms with Crippen LogP contribution in [0.15, 0.2) is 42.5 Å². The average Bonchev–Trinajstić information content (AvgIpc) is 3.01. The first-order valence-electron chi connectivity index (χ1n) is 7.68. The largest absolute Gasteiger partial charge is 0.454 e. The lowest BCUT2D eigenvalue weighted by atomic mass is 10.2. The second-order valence-corrected chi connectivity index (χ2v) is 5.40. The molecule has 1 N–H and O–H groups in total. The molecule has 1 amide bonds. The Labute approximate surface area is 135 Å². The summed E-state index contributed by atoms with van der Waals surface area (Å²) in [5, 5.41) is 3.15. The Kier molecular flexibility index (Phi) is 4.37. The zero-order valence-corrected chi connectivity index (χ0v) is 13.3. The zero-order valence-electron chi connectivity index (χ0n) is 13.3. The van der Waals surface area contributed by atoms with Gasteiger partial charge >= 0.3 is 0 Å². The van der Waals surface area contributed by atoms with Crippen molar-refractivity contribution in [3.63, 3.8) is 0 Å². The third-order valence-corrected chi connectivity index (χ3v) is 3.75. The van der Waals surface area contributed by atoms with Crippen LogP contribution in [0.25, 0.3) is 0 Å². The lowest BCUT2D eigenvalue weighted by molar-refractivity contribution is -0.116. The number of nitrogens with one attached hydrogen (secondary N) is 1. The van der Waals surface area contributed by atoms with Gasteiger partial charge in [0.2, 0.25) is 12.7 Å². The number of benzene rings is 2. The molecule has 0 saturated carbocycles. The molecule has 0 spiro atoms. The molecule has 5 nitrogen and oxygen atoms in total. The molecule has 1 heterocycles. The maximum absolute atomic E-state index is 12.5. The molecule has 0 aromatic heterocycles. The molecule has 0 aliphatic carbocycles. The van der Waals surface area contributed by atoms with Crippen LogP contribution in [0.5, 0.6) is 11.5 Å². The summed E-state index contributed by atoms with van der Waals surface area (Å²) in [7, 11) is 0. The minimum atomic E-state index is 0.0239. The SMILES string of the molecule is CCN(C(=O)CNc1ccc2c(c1)OCO2)c1cccc(C)c1. The molecule has 0 radical (unpaired) electrons. The number of hydrogen-bond acceptors (Lipinski definition) is 4. The first-order valence-corrected chi connectivity index (χ1v) is 7.68. The molecular weight excluding hydrogens is 292 g/mol. The van der Waals surface area contributed by atoms with Crippen LogP contribution in [-0.2, 0) is 4.79 Å². The van der Waals surface area contributed by atoms with Gasteiger partial charge < -0.3 is 19.7 Å². The van der Waals surface area contributed by atoms with Crippen LogP contribution in [0.1, 0.15) is 12.5 Å². The molecule has 120 valence electrons. The van der Waals surface area contributed by atoms with Gasteiger partial charge in [-0.1, -0.05) is 12.1 Å². The summed E-state index contributed by atoms with van der Waals surface area (Å²) in [6.07, 6.45) is 0. The number of ether oxygens (including phenoxy) is 2. The van der Waals surface area contributed by atoms with Crippen molar-refractivity contribution >= 4 is 17.3 Å². The number of amides is 1. The van der Waals surface area contributed by atoms with E-state index >= 15 is 0 Å². The number of likely N-dealkylation sites (N-methyl/N-ethyl adjacent to an activating group) is 1. The topological polar surface area (TPSA) is 50.8 Å². The molecule has 1 aliphatic heterocycles. The second kappa shape index (κ2) is 6.60. The number of aryl methyl sites for hydroxylation is 1. The summed E-state index contributed by atoms with van der Waals surface area (Å²) >= 11 is 0. The van der Waals surface area contributed by atoms with E-state index in [0.29, 0.717) is 12.3 Å². The Hall–Kier alpha value is -2.69.